The monoisotopic (exact) mass is 302 g/mol. The molecule has 0 saturated carbocycles. The van der Waals surface area contributed by atoms with Crippen LogP contribution in [0.1, 0.15) is 17.7 Å². The molecule has 5 nitrogen and oxygen atoms in total. The van der Waals surface area contributed by atoms with E-state index in [2.05, 4.69) is 5.32 Å². The minimum absolute atomic E-state index is 0.0141. The van der Waals surface area contributed by atoms with Gasteiger partial charge in [0.05, 0.1) is 12.7 Å². The number of amides is 1. The minimum atomic E-state index is -3.10. The Morgan fingerprint density at radius 3 is 2.68 bits per heavy atom. The lowest BCUT2D eigenvalue weighted by atomic mass is 10.1. The van der Waals surface area contributed by atoms with Crippen molar-refractivity contribution in [3.63, 3.8) is 0 Å². The molecule has 1 saturated heterocycles. The number of sulfonamides is 1. The Bertz CT molecular complexity index is 517. The molecule has 2 heterocycles. The van der Waals surface area contributed by atoms with Crippen molar-refractivity contribution in [3.8, 4) is 0 Å². The number of hydrogen-bond donors (Lipinski definition) is 1. The van der Waals surface area contributed by atoms with E-state index in [0.717, 1.165) is 4.88 Å². The van der Waals surface area contributed by atoms with Crippen LogP contribution < -0.4 is 5.32 Å². The van der Waals surface area contributed by atoms with Crippen molar-refractivity contribution in [3.05, 3.63) is 22.4 Å². The SMILES string of the molecule is CS(=O)(=O)N1CCC(NC(=O)Cc2cccs2)CC1. The van der Waals surface area contributed by atoms with Gasteiger partial charge in [0.2, 0.25) is 15.9 Å². The third-order valence-electron chi connectivity index (χ3n) is 3.20. The molecular weight excluding hydrogens is 284 g/mol. The lowest BCUT2D eigenvalue weighted by Gasteiger charge is -2.30. The van der Waals surface area contributed by atoms with Gasteiger partial charge in [-0.15, -0.1) is 11.3 Å². The highest BCUT2D eigenvalue weighted by Crippen LogP contribution is 2.14. The van der Waals surface area contributed by atoms with Crippen molar-refractivity contribution in [2.24, 2.45) is 0 Å². The average molecular weight is 302 g/mol. The summed E-state index contributed by atoms with van der Waals surface area (Å²) in [5.41, 5.74) is 0. The van der Waals surface area contributed by atoms with Gasteiger partial charge in [-0.2, -0.15) is 0 Å². The van der Waals surface area contributed by atoms with E-state index >= 15 is 0 Å². The average Bonchev–Trinajstić information content (AvgIpc) is 2.81. The molecule has 0 radical (unpaired) electrons. The van der Waals surface area contributed by atoms with E-state index < -0.39 is 10.0 Å². The number of hydrogen-bond acceptors (Lipinski definition) is 4. The van der Waals surface area contributed by atoms with Crippen molar-refractivity contribution in [1.82, 2.24) is 9.62 Å². The first kappa shape index (κ1) is 14.5. The maximum absolute atomic E-state index is 11.8. The fourth-order valence-corrected chi connectivity index (χ4v) is 3.76. The molecule has 1 N–H and O–H groups in total. The van der Waals surface area contributed by atoms with Crippen molar-refractivity contribution in [2.75, 3.05) is 19.3 Å². The predicted octanol–water partition coefficient (Wildman–Crippen LogP) is 0.831. The summed E-state index contributed by atoms with van der Waals surface area (Å²) in [6.45, 7) is 0.978. The van der Waals surface area contributed by atoms with Crippen LogP contribution in [-0.2, 0) is 21.2 Å². The molecule has 1 fully saturated rings. The molecule has 2 rings (SSSR count). The Labute approximate surface area is 117 Å². The van der Waals surface area contributed by atoms with Gasteiger partial charge < -0.3 is 5.32 Å². The maximum Gasteiger partial charge on any atom is 0.225 e. The van der Waals surface area contributed by atoms with Gasteiger partial charge in [0.15, 0.2) is 0 Å². The molecule has 0 aliphatic carbocycles. The van der Waals surface area contributed by atoms with Gasteiger partial charge in [-0.25, -0.2) is 12.7 Å². The summed E-state index contributed by atoms with van der Waals surface area (Å²) in [6, 6.07) is 3.96. The van der Waals surface area contributed by atoms with E-state index in [1.54, 1.807) is 11.3 Å². The normalized spacial score (nSPS) is 18.4. The molecule has 106 valence electrons. The second-order valence-corrected chi connectivity index (χ2v) is 7.77. The standard InChI is InChI=1S/C12H18N2O3S2/c1-19(16,17)14-6-4-10(5-7-14)13-12(15)9-11-3-2-8-18-11/h2-3,8,10H,4-7,9H2,1H3,(H,13,15). The van der Waals surface area contributed by atoms with Crippen molar-refractivity contribution >= 4 is 27.3 Å². The highest BCUT2D eigenvalue weighted by Gasteiger charge is 2.25. The van der Waals surface area contributed by atoms with Gasteiger partial charge in [-0.05, 0) is 24.3 Å². The number of carbonyl (C=O) groups is 1. The first-order valence-corrected chi connectivity index (χ1v) is 8.95. The maximum atomic E-state index is 11.8. The van der Waals surface area contributed by atoms with Crippen molar-refractivity contribution in [1.29, 1.82) is 0 Å². The number of nitrogens with one attached hydrogen (secondary N) is 1. The third kappa shape index (κ3) is 4.29. The van der Waals surface area contributed by atoms with E-state index in [9.17, 15) is 13.2 Å². The molecule has 0 unspecified atom stereocenters. The fraction of sp³-hybridized carbons (Fsp3) is 0.583. The summed E-state index contributed by atoms with van der Waals surface area (Å²) in [4.78, 5) is 12.9. The quantitative estimate of drug-likeness (QED) is 0.896. The highest BCUT2D eigenvalue weighted by molar-refractivity contribution is 7.88. The van der Waals surface area contributed by atoms with Crippen LogP contribution in [0.5, 0.6) is 0 Å². The summed E-state index contributed by atoms with van der Waals surface area (Å²) in [5.74, 6) is 0.0141. The summed E-state index contributed by atoms with van der Waals surface area (Å²) in [7, 11) is -3.10. The molecule has 1 aliphatic rings. The van der Waals surface area contributed by atoms with Crippen LogP contribution in [0.15, 0.2) is 17.5 Å². The van der Waals surface area contributed by atoms with Crippen LogP contribution in [0, 0.1) is 0 Å². The largest absolute Gasteiger partial charge is 0.353 e. The van der Waals surface area contributed by atoms with Crippen molar-refractivity contribution in [2.45, 2.75) is 25.3 Å². The van der Waals surface area contributed by atoms with E-state index in [4.69, 9.17) is 0 Å². The smallest absolute Gasteiger partial charge is 0.225 e. The number of thiophene rings is 1. The Morgan fingerprint density at radius 2 is 2.16 bits per heavy atom. The zero-order valence-corrected chi connectivity index (χ0v) is 12.5. The molecule has 1 aromatic rings. The van der Waals surface area contributed by atoms with Gasteiger partial charge >= 0.3 is 0 Å². The Kier molecular flexibility index (Phi) is 4.59. The van der Waals surface area contributed by atoms with Crippen LogP contribution in [0.4, 0.5) is 0 Å². The van der Waals surface area contributed by atoms with Crippen LogP contribution in [0.25, 0.3) is 0 Å². The summed E-state index contributed by atoms with van der Waals surface area (Å²) in [6.07, 6.45) is 3.00. The van der Waals surface area contributed by atoms with Gasteiger partial charge in [0.1, 0.15) is 0 Å². The van der Waals surface area contributed by atoms with Gasteiger partial charge in [0.25, 0.3) is 0 Å². The molecule has 0 spiro atoms. The van der Waals surface area contributed by atoms with Crippen LogP contribution in [0.3, 0.4) is 0 Å². The lowest BCUT2D eigenvalue weighted by Crippen LogP contribution is -2.46. The number of rotatable bonds is 4. The molecule has 0 bridgehead atoms. The zero-order valence-electron chi connectivity index (χ0n) is 10.8. The molecule has 0 aromatic carbocycles. The van der Waals surface area contributed by atoms with Gasteiger partial charge in [0, 0.05) is 24.0 Å². The minimum Gasteiger partial charge on any atom is -0.353 e. The first-order chi connectivity index (χ1) is 8.95. The zero-order chi connectivity index (χ0) is 13.9. The highest BCUT2D eigenvalue weighted by atomic mass is 32.2. The third-order valence-corrected chi connectivity index (χ3v) is 5.38. The summed E-state index contributed by atoms with van der Waals surface area (Å²) < 4.78 is 24.2. The molecule has 7 heteroatoms. The first-order valence-electron chi connectivity index (χ1n) is 6.22. The Morgan fingerprint density at radius 1 is 1.47 bits per heavy atom. The van der Waals surface area contributed by atoms with E-state index in [-0.39, 0.29) is 11.9 Å². The van der Waals surface area contributed by atoms with E-state index in [1.807, 2.05) is 17.5 Å². The lowest BCUT2D eigenvalue weighted by molar-refractivity contribution is -0.121. The Hall–Kier alpha value is -0.920. The van der Waals surface area contributed by atoms with Gasteiger partial charge in [-0.3, -0.25) is 4.79 Å². The Balaban J connectivity index is 1.78. The number of nitrogens with zero attached hydrogens (tertiary/aromatic N) is 1. The topological polar surface area (TPSA) is 66.5 Å². The second kappa shape index (κ2) is 6.02. The molecule has 0 atom stereocenters. The van der Waals surface area contributed by atoms with Crippen LogP contribution in [-0.4, -0.2) is 44.0 Å². The van der Waals surface area contributed by atoms with Crippen LogP contribution >= 0.6 is 11.3 Å². The number of carbonyl (C=O) groups excluding carboxylic acids is 1. The summed E-state index contributed by atoms with van der Waals surface area (Å²) in [5, 5.41) is 4.93. The molecule has 1 aromatic heterocycles. The number of piperidine rings is 1. The predicted molar refractivity (Wildman–Crippen MR) is 75.6 cm³/mol. The van der Waals surface area contributed by atoms with E-state index in [1.165, 1.54) is 10.6 Å². The fourth-order valence-electron chi connectivity index (χ4n) is 2.18. The molecule has 1 amide bonds. The molecule has 1 aliphatic heterocycles. The second-order valence-electron chi connectivity index (χ2n) is 4.76. The van der Waals surface area contributed by atoms with E-state index in [0.29, 0.717) is 32.4 Å². The molecule has 19 heavy (non-hydrogen) atoms. The van der Waals surface area contributed by atoms with Crippen molar-refractivity contribution < 1.29 is 13.2 Å². The van der Waals surface area contributed by atoms with Gasteiger partial charge in [-0.1, -0.05) is 6.07 Å². The summed E-state index contributed by atoms with van der Waals surface area (Å²) >= 11 is 1.57. The molecular formula is C12H18N2O3S2. The van der Waals surface area contributed by atoms with Crippen LogP contribution in [0.2, 0.25) is 0 Å².